The summed E-state index contributed by atoms with van der Waals surface area (Å²) in [6.45, 7) is 0. The first-order valence-electron chi connectivity index (χ1n) is 4.39. The number of ether oxygens (including phenoxy) is 1. The zero-order chi connectivity index (χ0) is 10.8. The fourth-order valence-corrected chi connectivity index (χ4v) is 1.24. The van der Waals surface area contributed by atoms with Gasteiger partial charge < -0.3 is 10.1 Å². The van der Waals surface area contributed by atoms with Crippen molar-refractivity contribution in [2.75, 3.05) is 7.05 Å². The van der Waals surface area contributed by atoms with Gasteiger partial charge >= 0.3 is 6.09 Å². The van der Waals surface area contributed by atoms with Gasteiger partial charge in [-0.2, -0.15) is 0 Å². The van der Waals surface area contributed by atoms with Gasteiger partial charge in [-0.3, -0.25) is 0 Å². The van der Waals surface area contributed by atoms with Crippen LogP contribution in [-0.2, 0) is 7.05 Å². The van der Waals surface area contributed by atoms with Gasteiger partial charge in [-0.05, 0) is 12.1 Å². The van der Waals surface area contributed by atoms with E-state index in [1.54, 1.807) is 29.9 Å². The van der Waals surface area contributed by atoms with Crippen molar-refractivity contribution in [1.29, 1.82) is 0 Å². The Morgan fingerprint density at radius 1 is 1.53 bits per heavy atom. The van der Waals surface area contributed by atoms with Crippen molar-refractivity contribution < 1.29 is 9.53 Å². The van der Waals surface area contributed by atoms with Crippen LogP contribution in [0.25, 0.3) is 11.0 Å². The second kappa shape index (κ2) is 3.56. The lowest BCUT2D eigenvalue weighted by Crippen LogP contribution is -2.21. The zero-order valence-corrected chi connectivity index (χ0v) is 8.39. The van der Waals surface area contributed by atoms with Crippen LogP contribution in [0, 0.1) is 0 Å². The molecule has 0 spiro atoms. The molecule has 0 fully saturated rings. The van der Waals surface area contributed by atoms with Crippen LogP contribution in [0.5, 0.6) is 5.75 Å². The van der Waals surface area contributed by atoms with Gasteiger partial charge in [0.05, 0.1) is 5.52 Å². The monoisotopic (exact) mass is 206 g/mol. The van der Waals surface area contributed by atoms with Crippen LogP contribution in [-0.4, -0.2) is 28.1 Å². The fraction of sp³-hybridized carbons (Fsp3) is 0.222. The first kappa shape index (κ1) is 9.45. The number of nitrogens with one attached hydrogen (secondary N) is 1. The van der Waals surface area contributed by atoms with Crippen LogP contribution in [0.15, 0.2) is 18.2 Å². The molecule has 15 heavy (non-hydrogen) atoms. The summed E-state index contributed by atoms with van der Waals surface area (Å²) in [5.41, 5.74) is 1.58. The summed E-state index contributed by atoms with van der Waals surface area (Å²) in [6.07, 6.45) is -0.502. The van der Waals surface area contributed by atoms with E-state index in [0.717, 1.165) is 5.52 Å². The van der Waals surface area contributed by atoms with E-state index >= 15 is 0 Å². The second-order valence-electron chi connectivity index (χ2n) is 3.00. The molecule has 0 aliphatic rings. The maximum Gasteiger partial charge on any atom is 0.412 e. The van der Waals surface area contributed by atoms with Crippen molar-refractivity contribution in [3.63, 3.8) is 0 Å². The van der Waals surface area contributed by atoms with Gasteiger partial charge in [0.15, 0.2) is 0 Å². The Morgan fingerprint density at radius 2 is 2.33 bits per heavy atom. The number of rotatable bonds is 1. The average Bonchev–Trinajstić information content (AvgIpc) is 2.60. The van der Waals surface area contributed by atoms with E-state index in [2.05, 4.69) is 15.6 Å². The van der Waals surface area contributed by atoms with Gasteiger partial charge in [-0.1, -0.05) is 5.21 Å². The molecule has 6 nitrogen and oxygen atoms in total. The highest BCUT2D eigenvalue weighted by atomic mass is 16.5. The van der Waals surface area contributed by atoms with E-state index in [1.165, 1.54) is 7.05 Å². The largest absolute Gasteiger partial charge is 0.412 e. The van der Waals surface area contributed by atoms with Crippen molar-refractivity contribution in [2.45, 2.75) is 0 Å². The first-order valence-corrected chi connectivity index (χ1v) is 4.39. The molecule has 0 saturated heterocycles. The number of carbonyl (C=O) groups excluding carboxylic acids is 1. The number of hydrogen-bond acceptors (Lipinski definition) is 4. The molecular weight excluding hydrogens is 196 g/mol. The van der Waals surface area contributed by atoms with Crippen LogP contribution in [0.3, 0.4) is 0 Å². The molecule has 1 N–H and O–H groups in total. The van der Waals surface area contributed by atoms with Crippen LogP contribution in [0.2, 0.25) is 0 Å². The van der Waals surface area contributed by atoms with Crippen LogP contribution in [0.1, 0.15) is 0 Å². The van der Waals surface area contributed by atoms with Crippen molar-refractivity contribution in [1.82, 2.24) is 20.3 Å². The second-order valence-corrected chi connectivity index (χ2v) is 3.00. The van der Waals surface area contributed by atoms with E-state index in [0.29, 0.717) is 11.3 Å². The number of aromatic nitrogens is 3. The number of carbonyl (C=O) groups is 1. The number of benzene rings is 1. The van der Waals surface area contributed by atoms with E-state index < -0.39 is 6.09 Å². The average molecular weight is 206 g/mol. The molecule has 1 amide bonds. The minimum atomic E-state index is -0.502. The Balaban J connectivity index is 2.35. The van der Waals surface area contributed by atoms with E-state index in [-0.39, 0.29) is 0 Å². The molecule has 0 aliphatic carbocycles. The van der Waals surface area contributed by atoms with Crippen molar-refractivity contribution in [3.05, 3.63) is 18.2 Å². The molecule has 0 saturated carbocycles. The Morgan fingerprint density at radius 3 is 3.07 bits per heavy atom. The quantitative estimate of drug-likeness (QED) is 0.745. The normalized spacial score (nSPS) is 10.3. The van der Waals surface area contributed by atoms with E-state index in [1.807, 2.05) is 0 Å². The van der Waals surface area contributed by atoms with Gasteiger partial charge in [0.1, 0.15) is 11.3 Å². The van der Waals surface area contributed by atoms with Gasteiger partial charge in [0.25, 0.3) is 0 Å². The van der Waals surface area contributed by atoms with Gasteiger partial charge in [0.2, 0.25) is 0 Å². The lowest BCUT2D eigenvalue weighted by atomic mass is 10.3. The van der Waals surface area contributed by atoms with Gasteiger partial charge in [0, 0.05) is 20.2 Å². The minimum Gasteiger partial charge on any atom is -0.410 e. The fourth-order valence-electron chi connectivity index (χ4n) is 1.24. The highest BCUT2D eigenvalue weighted by molar-refractivity contribution is 5.77. The molecular formula is C9H10N4O2. The Labute approximate surface area is 85.8 Å². The summed E-state index contributed by atoms with van der Waals surface area (Å²) >= 11 is 0. The van der Waals surface area contributed by atoms with Crippen molar-refractivity contribution >= 4 is 17.1 Å². The van der Waals surface area contributed by atoms with E-state index in [4.69, 9.17) is 4.74 Å². The SMILES string of the molecule is CNC(=O)Oc1ccc2c(c1)nnn2C. The lowest BCUT2D eigenvalue weighted by Gasteiger charge is -2.02. The highest BCUT2D eigenvalue weighted by Crippen LogP contribution is 2.18. The predicted molar refractivity (Wildman–Crippen MR) is 53.6 cm³/mol. The molecule has 1 heterocycles. The summed E-state index contributed by atoms with van der Waals surface area (Å²) in [5, 5.41) is 10.1. The van der Waals surface area contributed by atoms with E-state index in [9.17, 15) is 4.79 Å². The molecule has 2 rings (SSSR count). The van der Waals surface area contributed by atoms with Crippen LogP contribution >= 0.6 is 0 Å². The number of hydrogen-bond donors (Lipinski definition) is 1. The topological polar surface area (TPSA) is 69.0 Å². The molecule has 0 radical (unpaired) electrons. The smallest absolute Gasteiger partial charge is 0.410 e. The molecule has 2 aromatic rings. The zero-order valence-electron chi connectivity index (χ0n) is 8.39. The molecule has 0 bridgehead atoms. The van der Waals surface area contributed by atoms with Gasteiger partial charge in [-0.15, -0.1) is 5.10 Å². The Hall–Kier alpha value is -2.11. The predicted octanol–water partition coefficient (Wildman–Crippen LogP) is 0.686. The maximum absolute atomic E-state index is 10.9. The standard InChI is InChI=1S/C9H10N4O2/c1-10-9(14)15-6-3-4-8-7(5-6)11-12-13(8)2/h3-5H,1-2H3,(H,10,14). The Kier molecular flexibility index (Phi) is 2.24. The summed E-state index contributed by atoms with van der Waals surface area (Å²) in [7, 11) is 3.30. The molecule has 0 aliphatic heterocycles. The minimum absolute atomic E-state index is 0.447. The molecule has 1 aromatic heterocycles. The highest BCUT2D eigenvalue weighted by Gasteiger charge is 2.05. The summed E-state index contributed by atoms with van der Waals surface area (Å²) in [6, 6.07) is 5.16. The van der Waals surface area contributed by atoms with Gasteiger partial charge in [-0.25, -0.2) is 9.48 Å². The molecule has 78 valence electrons. The number of nitrogens with zero attached hydrogens (tertiary/aromatic N) is 3. The molecule has 6 heteroatoms. The molecule has 1 aromatic carbocycles. The summed E-state index contributed by atoms with van der Waals surface area (Å²) < 4.78 is 6.61. The first-order chi connectivity index (χ1) is 7.20. The molecule has 0 atom stereocenters. The van der Waals surface area contributed by atoms with Crippen molar-refractivity contribution in [3.8, 4) is 5.75 Å². The summed E-state index contributed by atoms with van der Waals surface area (Å²) in [4.78, 5) is 10.9. The van der Waals surface area contributed by atoms with Crippen LogP contribution in [0.4, 0.5) is 4.79 Å². The summed E-state index contributed by atoms with van der Waals surface area (Å²) in [5.74, 6) is 0.447. The third-order valence-corrected chi connectivity index (χ3v) is 2.00. The molecule has 0 unspecified atom stereocenters. The number of amides is 1. The maximum atomic E-state index is 10.9. The number of fused-ring (bicyclic) bond motifs is 1. The third kappa shape index (κ3) is 1.74. The third-order valence-electron chi connectivity index (χ3n) is 2.00. The Bertz CT molecular complexity index is 506. The number of aryl methyl sites for hydroxylation is 1. The van der Waals surface area contributed by atoms with Crippen LogP contribution < -0.4 is 10.1 Å². The lowest BCUT2D eigenvalue weighted by molar-refractivity contribution is 0.203. The van der Waals surface area contributed by atoms with Crippen molar-refractivity contribution in [2.24, 2.45) is 7.05 Å².